The zero-order valence-electron chi connectivity index (χ0n) is 64.0. The number of hydrogen-bond donors (Lipinski definition) is 5. The third-order valence-corrected chi connectivity index (χ3v) is 23.2. The van der Waals surface area contributed by atoms with Crippen molar-refractivity contribution in [2.75, 3.05) is 65.6 Å². The van der Waals surface area contributed by atoms with Gasteiger partial charge in [-0.05, 0) is 200 Å². The number of methoxy groups -OCH3 is 1. The summed E-state index contributed by atoms with van der Waals surface area (Å²) in [4.78, 5) is 71.9. The van der Waals surface area contributed by atoms with Crippen molar-refractivity contribution in [1.82, 2.24) is 53.9 Å². The van der Waals surface area contributed by atoms with Crippen molar-refractivity contribution in [3.05, 3.63) is 186 Å². The standard InChI is InChI=1S/C29H34FN5O4S.C25H33N7O3S.C25H28N4O5S/c1-18(2)17-39-22-13-20(12-21(30)14-22)24-9-8-23(27(32-24)35-16-19(3)15-29(35)10-5-11-29)28(36)34-40(37,38)26-7-4-6-25(31)33-26;1-18-16-25(3,4)32(17-18)23-20(8-6-12-27-23)24(33)30-36(34,35)22-10-5-9-21(28-22)26-13-7-14-31-15-11-19(2)29-31;1-17-15-25(2,3)29(16-17)23-20(10-7-13-26-23)24(30)28-35(31,32)22-12-6-11-21(27-22)34-19-9-5-8-18(14-19)33-4/h4,6-9,12-14,18-19H,5,10-11,15-17H2,1-3H3,(H2,31,33)(H,34,36);5-6,8-12,15,18H,7,13-14,16-17H2,1-4H3,(H,26,28)(H,30,33);5-14,17H,15-16H2,1-4H3,(H,28,30). The lowest BCUT2D eigenvalue weighted by molar-refractivity contribution is 0.0972. The number of nitrogens with zero attached hydrogens (tertiary/aromatic N) is 11. The van der Waals surface area contributed by atoms with Gasteiger partial charge >= 0.3 is 0 Å². The molecule has 3 saturated heterocycles. The number of nitrogen functional groups attached to an aromatic ring is 1. The Kier molecular flexibility index (Phi) is 24.7. The second-order valence-electron chi connectivity index (χ2n) is 30.3. The van der Waals surface area contributed by atoms with Crippen LogP contribution < -0.4 is 54.1 Å². The molecule has 3 atom stereocenters. The number of amides is 3. The molecule has 4 fully saturated rings. The van der Waals surface area contributed by atoms with E-state index in [4.69, 9.17) is 24.9 Å². The third-order valence-electron chi connectivity index (χ3n) is 19.5. The van der Waals surface area contributed by atoms with E-state index >= 15 is 0 Å². The van der Waals surface area contributed by atoms with E-state index in [1.165, 1.54) is 61.7 Å². The number of benzene rings is 2. The Balaban J connectivity index is 0.000000165. The maximum absolute atomic E-state index is 14.6. The van der Waals surface area contributed by atoms with Gasteiger partial charge in [0.2, 0.25) is 5.88 Å². The highest BCUT2D eigenvalue weighted by molar-refractivity contribution is 7.90. The van der Waals surface area contributed by atoms with Crippen molar-refractivity contribution in [2.24, 2.45) is 23.7 Å². The topological polar surface area (TPSA) is 360 Å². The predicted molar refractivity (Wildman–Crippen MR) is 421 cm³/mol. The first kappa shape index (κ1) is 81.1. The molecule has 4 aliphatic rings. The van der Waals surface area contributed by atoms with Gasteiger partial charge in [-0.25, -0.2) is 43.5 Å². The van der Waals surface area contributed by atoms with Crippen molar-refractivity contribution in [3.63, 3.8) is 0 Å². The molecule has 111 heavy (non-hydrogen) atoms. The summed E-state index contributed by atoms with van der Waals surface area (Å²) in [5, 5.41) is 6.55. The van der Waals surface area contributed by atoms with E-state index in [1.807, 2.05) is 37.7 Å². The lowest BCUT2D eigenvalue weighted by Crippen LogP contribution is -2.50. The van der Waals surface area contributed by atoms with Crippen LogP contribution >= 0.6 is 0 Å². The van der Waals surface area contributed by atoms with Gasteiger partial charge in [0, 0.05) is 91.7 Å². The quantitative estimate of drug-likeness (QED) is 0.0351. The summed E-state index contributed by atoms with van der Waals surface area (Å²) in [6.45, 7) is 24.7. The van der Waals surface area contributed by atoms with Crippen LogP contribution in [-0.4, -0.2) is 139 Å². The maximum atomic E-state index is 14.6. The number of pyridine rings is 6. The van der Waals surface area contributed by atoms with Gasteiger partial charge in [-0.1, -0.05) is 58.9 Å². The van der Waals surface area contributed by atoms with Gasteiger partial charge in [-0.15, -0.1) is 0 Å². The Morgan fingerprint density at radius 1 is 0.595 bits per heavy atom. The van der Waals surface area contributed by atoms with Crippen LogP contribution in [0.1, 0.15) is 144 Å². The van der Waals surface area contributed by atoms with Gasteiger partial charge in [-0.2, -0.15) is 35.3 Å². The summed E-state index contributed by atoms with van der Waals surface area (Å²) in [5.41, 5.74) is 7.53. The van der Waals surface area contributed by atoms with Crippen molar-refractivity contribution in [2.45, 2.75) is 152 Å². The fraction of sp³-hybridized carbons (Fsp3) is 0.392. The first-order valence-corrected chi connectivity index (χ1v) is 41.2. The molecular weight excluding hydrogens is 1480 g/mol. The molecule has 7 aromatic heterocycles. The van der Waals surface area contributed by atoms with Crippen molar-refractivity contribution in [1.29, 1.82) is 0 Å². The SMILES string of the molecule is CC(C)COc1cc(F)cc(-c2ccc(C(=O)NS(=O)(=O)c3cccc(N)n3)c(N3CC(C)CC34CCC4)n2)c1.COc1cccc(Oc2cccc(S(=O)(=O)NC(=O)c3cccnc3N3CC(C)CC3(C)C)n2)c1.Cc1ccn(CCCNc2cccc(S(=O)(=O)NC(=O)c3cccnc3N3CC(C)CC3(C)C)n2)n1. The summed E-state index contributed by atoms with van der Waals surface area (Å²) in [6, 6.07) is 35.9. The van der Waals surface area contributed by atoms with Crippen LogP contribution in [-0.2, 0) is 36.6 Å². The summed E-state index contributed by atoms with van der Waals surface area (Å²) in [5.74, 6) is 1.90. The lowest BCUT2D eigenvalue weighted by Gasteiger charge is -2.47. The van der Waals surface area contributed by atoms with E-state index in [1.54, 1.807) is 91.3 Å². The smallest absolute Gasteiger partial charge is 0.281 e. The first-order chi connectivity index (χ1) is 52.6. The van der Waals surface area contributed by atoms with E-state index in [2.05, 4.69) is 113 Å². The summed E-state index contributed by atoms with van der Waals surface area (Å²) in [7, 11) is -11.2. The number of anilines is 5. The number of halogens is 1. The second kappa shape index (κ2) is 33.8. The van der Waals surface area contributed by atoms with Gasteiger partial charge in [0.1, 0.15) is 52.2 Å². The number of rotatable bonds is 24. The van der Waals surface area contributed by atoms with Gasteiger partial charge < -0.3 is 40.0 Å². The minimum Gasteiger partial charge on any atom is -0.497 e. The van der Waals surface area contributed by atoms with Crippen LogP contribution in [0.25, 0.3) is 11.3 Å². The largest absolute Gasteiger partial charge is 0.497 e. The molecule has 13 rings (SSSR count). The molecule has 0 bridgehead atoms. The minimum atomic E-state index is -4.29. The van der Waals surface area contributed by atoms with Crippen LogP contribution in [0, 0.1) is 36.4 Å². The third kappa shape index (κ3) is 19.8. The monoisotopic (exact) mass is 1570 g/mol. The first-order valence-electron chi connectivity index (χ1n) is 36.7. The molecule has 28 nitrogen and oxygen atoms in total. The number of aryl methyl sites for hydroxylation is 2. The van der Waals surface area contributed by atoms with Crippen LogP contribution in [0.15, 0.2) is 173 Å². The zero-order valence-corrected chi connectivity index (χ0v) is 66.5. The fourth-order valence-corrected chi connectivity index (χ4v) is 17.4. The number of ether oxygens (including phenoxy) is 3. The molecule has 3 aliphatic heterocycles. The number of sulfonamides is 3. The van der Waals surface area contributed by atoms with E-state index in [0.29, 0.717) is 89.2 Å². The van der Waals surface area contributed by atoms with E-state index in [0.717, 1.165) is 70.3 Å². The highest BCUT2D eigenvalue weighted by Crippen LogP contribution is 2.50. The number of hydrogen-bond acceptors (Lipinski definition) is 24. The molecular formula is C79H95FN16O12S3. The van der Waals surface area contributed by atoms with Crippen LogP contribution in [0.2, 0.25) is 0 Å². The van der Waals surface area contributed by atoms with Crippen LogP contribution in [0.5, 0.6) is 23.1 Å². The van der Waals surface area contributed by atoms with Gasteiger partial charge in [0.25, 0.3) is 47.8 Å². The Morgan fingerprint density at radius 3 is 1.68 bits per heavy atom. The molecule has 32 heteroatoms. The van der Waals surface area contributed by atoms with E-state index in [9.17, 15) is 44.0 Å². The average molecular weight is 1580 g/mol. The molecule has 1 spiro atoms. The Bertz CT molecular complexity index is 5240. The number of aromatic nitrogens is 8. The highest BCUT2D eigenvalue weighted by atomic mass is 32.2. The van der Waals surface area contributed by atoms with Gasteiger partial charge in [0.05, 0.1) is 41.8 Å². The fourth-order valence-electron chi connectivity index (χ4n) is 14.6. The molecule has 2 aromatic carbocycles. The molecule has 3 unspecified atom stereocenters. The van der Waals surface area contributed by atoms with Crippen molar-refractivity contribution >= 4 is 76.9 Å². The maximum Gasteiger partial charge on any atom is 0.281 e. The molecule has 0 radical (unpaired) electrons. The Labute approximate surface area is 647 Å². The number of carbonyl (C=O) groups is 3. The normalized spacial score (nSPS) is 17.5. The van der Waals surface area contributed by atoms with E-state index < -0.39 is 53.6 Å². The summed E-state index contributed by atoms with van der Waals surface area (Å²) in [6.07, 6.45) is 11.8. The summed E-state index contributed by atoms with van der Waals surface area (Å²) >= 11 is 0. The molecule has 1 aliphatic carbocycles. The summed E-state index contributed by atoms with van der Waals surface area (Å²) < 4.78 is 118. The Hall–Kier alpha value is -10.9. The van der Waals surface area contributed by atoms with Crippen molar-refractivity contribution < 1.29 is 58.2 Å². The number of nitrogens with two attached hydrogens (primary N) is 1. The molecule has 3 amide bonds. The van der Waals surface area contributed by atoms with Crippen LogP contribution in [0.3, 0.4) is 0 Å². The zero-order chi connectivity index (χ0) is 79.8. The van der Waals surface area contributed by atoms with E-state index in [-0.39, 0.29) is 66.0 Å². The van der Waals surface area contributed by atoms with Gasteiger partial charge in [-0.3, -0.25) is 19.1 Å². The lowest BCUT2D eigenvalue weighted by atomic mass is 9.73. The van der Waals surface area contributed by atoms with Crippen LogP contribution in [0.4, 0.5) is 33.5 Å². The van der Waals surface area contributed by atoms with Gasteiger partial charge in [0.15, 0.2) is 15.1 Å². The average Bonchev–Trinajstić information content (AvgIpc) is 1.65. The number of nitrogens with one attached hydrogen (secondary N) is 4. The van der Waals surface area contributed by atoms with Crippen molar-refractivity contribution in [3.8, 4) is 34.4 Å². The minimum absolute atomic E-state index is 0.0202. The number of carbonyl (C=O) groups excluding carboxylic acids is 3. The molecule has 588 valence electrons. The Morgan fingerprint density at radius 2 is 1.14 bits per heavy atom. The molecule has 1 saturated carbocycles. The molecule has 10 heterocycles. The molecule has 9 aromatic rings. The molecule has 6 N–H and O–H groups in total. The second-order valence-corrected chi connectivity index (χ2v) is 35.2. The highest BCUT2D eigenvalue weighted by Gasteiger charge is 2.50. The predicted octanol–water partition coefficient (Wildman–Crippen LogP) is 12.0.